The molecule has 1 amide bonds. The van der Waals surface area contributed by atoms with E-state index >= 15 is 0 Å². The maximum atomic E-state index is 12.4. The maximum absolute atomic E-state index is 12.4. The first-order valence-corrected chi connectivity index (χ1v) is 8.38. The quantitative estimate of drug-likeness (QED) is 0.931. The number of ether oxygens (including phenoxy) is 2. The summed E-state index contributed by atoms with van der Waals surface area (Å²) in [5, 5.41) is 3.14. The van der Waals surface area contributed by atoms with Crippen molar-refractivity contribution < 1.29 is 14.3 Å². The van der Waals surface area contributed by atoms with Gasteiger partial charge in [-0.05, 0) is 31.0 Å². The molecule has 24 heavy (non-hydrogen) atoms. The van der Waals surface area contributed by atoms with Crippen molar-refractivity contribution >= 4 is 5.91 Å². The van der Waals surface area contributed by atoms with E-state index < -0.39 is 0 Å². The number of aryl methyl sites for hydroxylation is 2. The van der Waals surface area contributed by atoms with Gasteiger partial charge in [0, 0.05) is 25.2 Å². The molecule has 0 aliphatic carbocycles. The average Bonchev–Trinajstić information content (AvgIpc) is 2.94. The molecule has 6 nitrogen and oxygen atoms in total. The lowest BCUT2D eigenvalue weighted by atomic mass is 10.1. The van der Waals surface area contributed by atoms with Crippen LogP contribution >= 0.6 is 0 Å². The predicted octanol–water partition coefficient (Wildman–Crippen LogP) is 1.64. The Kier molecular flexibility index (Phi) is 3.88. The minimum atomic E-state index is 0.0389. The third kappa shape index (κ3) is 3.09. The number of carbonyl (C=O) groups is 1. The number of carbonyl (C=O) groups excluding carboxylic acids is 1. The molecule has 126 valence electrons. The Balaban J connectivity index is 1.37. The van der Waals surface area contributed by atoms with Crippen LogP contribution in [0.1, 0.15) is 23.5 Å². The summed E-state index contributed by atoms with van der Waals surface area (Å²) < 4.78 is 13.2. The number of rotatable bonds is 3. The molecule has 6 heteroatoms. The largest absolute Gasteiger partial charge is 0.486 e. The first kappa shape index (κ1) is 15.1. The molecule has 0 saturated heterocycles. The number of amides is 1. The van der Waals surface area contributed by atoms with E-state index in [4.69, 9.17) is 9.47 Å². The highest BCUT2D eigenvalue weighted by Crippen LogP contribution is 2.30. The lowest BCUT2D eigenvalue weighted by Crippen LogP contribution is -2.41. The van der Waals surface area contributed by atoms with Gasteiger partial charge in [-0.3, -0.25) is 4.79 Å². The molecule has 3 heterocycles. The minimum Gasteiger partial charge on any atom is -0.486 e. The molecule has 0 saturated carbocycles. The summed E-state index contributed by atoms with van der Waals surface area (Å²) in [6.45, 7) is 3.92. The van der Waals surface area contributed by atoms with Crippen molar-refractivity contribution in [2.24, 2.45) is 0 Å². The molecule has 0 radical (unpaired) electrons. The molecule has 0 bridgehead atoms. The van der Waals surface area contributed by atoms with Crippen molar-refractivity contribution in [1.82, 2.24) is 14.9 Å². The standard InChI is InChI=1S/C18H21N3O3/c1-12-10-21-11-14(3-5-17(21)19-12)20-18(22)9-13-2-4-15-16(8-13)24-7-6-23-15/h2,4,8,10,14H,3,5-7,9,11H2,1H3,(H,20,22)/t14-/m0/s1. The Hall–Kier alpha value is -2.50. The fourth-order valence-electron chi connectivity index (χ4n) is 3.37. The molecule has 1 N–H and O–H groups in total. The third-order valence-electron chi connectivity index (χ3n) is 4.45. The van der Waals surface area contributed by atoms with E-state index in [0.717, 1.165) is 48.0 Å². The zero-order valence-electron chi connectivity index (χ0n) is 13.7. The summed E-state index contributed by atoms with van der Waals surface area (Å²) in [5.41, 5.74) is 1.97. The number of fused-ring (bicyclic) bond motifs is 2. The summed E-state index contributed by atoms with van der Waals surface area (Å²) in [7, 11) is 0. The van der Waals surface area contributed by atoms with Crippen molar-refractivity contribution in [1.29, 1.82) is 0 Å². The number of hydrogen-bond donors (Lipinski definition) is 1. The number of nitrogens with one attached hydrogen (secondary N) is 1. The molecule has 1 aromatic heterocycles. The number of benzene rings is 1. The van der Waals surface area contributed by atoms with Gasteiger partial charge >= 0.3 is 0 Å². The first-order chi connectivity index (χ1) is 11.7. The SMILES string of the molecule is Cc1cn2c(n1)CC[C@H](NC(=O)Cc1ccc3c(c1)OCCO3)C2. The second-order valence-electron chi connectivity index (χ2n) is 6.41. The third-order valence-corrected chi connectivity index (χ3v) is 4.45. The van der Waals surface area contributed by atoms with Gasteiger partial charge in [-0.1, -0.05) is 6.07 Å². The fourth-order valence-corrected chi connectivity index (χ4v) is 3.37. The van der Waals surface area contributed by atoms with Gasteiger partial charge in [0.1, 0.15) is 19.0 Å². The smallest absolute Gasteiger partial charge is 0.224 e. The second kappa shape index (κ2) is 6.19. The van der Waals surface area contributed by atoms with Gasteiger partial charge < -0.3 is 19.4 Å². The van der Waals surface area contributed by atoms with Crippen LogP contribution in [0.25, 0.3) is 0 Å². The zero-order valence-corrected chi connectivity index (χ0v) is 13.7. The number of imidazole rings is 1. The lowest BCUT2D eigenvalue weighted by molar-refractivity contribution is -0.121. The fraction of sp³-hybridized carbons (Fsp3) is 0.444. The first-order valence-electron chi connectivity index (χ1n) is 8.38. The molecular weight excluding hydrogens is 306 g/mol. The average molecular weight is 327 g/mol. The van der Waals surface area contributed by atoms with Crippen molar-refractivity contribution in [2.75, 3.05) is 13.2 Å². The van der Waals surface area contributed by atoms with Gasteiger partial charge in [0.2, 0.25) is 5.91 Å². The summed E-state index contributed by atoms with van der Waals surface area (Å²) >= 11 is 0. The second-order valence-corrected chi connectivity index (χ2v) is 6.41. The summed E-state index contributed by atoms with van der Waals surface area (Å²) in [6.07, 6.45) is 4.24. The van der Waals surface area contributed by atoms with E-state index in [1.54, 1.807) is 0 Å². The Labute approximate surface area is 140 Å². The van der Waals surface area contributed by atoms with E-state index in [0.29, 0.717) is 19.6 Å². The van der Waals surface area contributed by atoms with Crippen molar-refractivity contribution in [3.05, 3.63) is 41.5 Å². The highest BCUT2D eigenvalue weighted by molar-refractivity contribution is 5.79. The van der Waals surface area contributed by atoms with Crippen LogP contribution in [-0.2, 0) is 24.2 Å². The molecular formula is C18H21N3O3. The van der Waals surface area contributed by atoms with Crippen LogP contribution in [0.5, 0.6) is 11.5 Å². The molecule has 1 aromatic carbocycles. The van der Waals surface area contributed by atoms with Crippen molar-refractivity contribution in [3.63, 3.8) is 0 Å². The van der Waals surface area contributed by atoms with E-state index in [1.165, 1.54) is 0 Å². The Bertz CT molecular complexity index is 769. The van der Waals surface area contributed by atoms with E-state index in [2.05, 4.69) is 21.1 Å². The summed E-state index contributed by atoms with van der Waals surface area (Å²) in [4.78, 5) is 16.9. The van der Waals surface area contributed by atoms with Gasteiger partial charge in [0.05, 0.1) is 12.1 Å². The molecule has 2 aromatic rings. The van der Waals surface area contributed by atoms with Gasteiger partial charge in [-0.15, -0.1) is 0 Å². The van der Waals surface area contributed by atoms with Crippen LogP contribution in [0.2, 0.25) is 0 Å². The van der Waals surface area contributed by atoms with Gasteiger partial charge in [-0.25, -0.2) is 4.98 Å². The number of nitrogens with zero attached hydrogens (tertiary/aromatic N) is 2. The topological polar surface area (TPSA) is 65.4 Å². The number of aromatic nitrogens is 2. The van der Waals surface area contributed by atoms with Crippen molar-refractivity contribution in [3.8, 4) is 11.5 Å². The van der Waals surface area contributed by atoms with Crippen LogP contribution < -0.4 is 14.8 Å². The zero-order chi connectivity index (χ0) is 16.5. The molecule has 1 atom stereocenters. The molecule has 0 unspecified atom stereocenters. The van der Waals surface area contributed by atoms with E-state index in [-0.39, 0.29) is 11.9 Å². The van der Waals surface area contributed by atoms with Gasteiger partial charge in [-0.2, -0.15) is 0 Å². The molecule has 0 spiro atoms. The van der Waals surface area contributed by atoms with Crippen LogP contribution in [0.15, 0.2) is 24.4 Å². The van der Waals surface area contributed by atoms with E-state index in [1.807, 2.05) is 25.1 Å². The maximum Gasteiger partial charge on any atom is 0.224 e. The van der Waals surface area contributed by atoms with Crippen molar-refractivity contribution in [2.45, 2.75) is 38.8 Å². The summed E-state index contributed by atoms with van der Waals surface area (Å²) in [6, 6.07) is 5.85. The molecule has 2 aliphatic heterocycles. The van der Waals surface area contributed by atoms with Crippen LogP contribution in [-0.4, -0.2) is 34.7 Å². The lowest BCUT2D eigenvalue weighted by Gasteiger charge is -2.25. The summed E-state index contributed by atoms with van der Waals surface area (Å²) in [5.74, 6) is 2.63. The normalized spacial score (nSPS) is 18.8. The monoisotopic (exact) mass is 327 g/mol. The minimum absolute atomic E-state index is 0.0389. The number of hydrogen-bond acceptors (Lipinski definition) is 4. The Morgan fingerprint density at radius 3 is 3.04 bits per heavy atom. The van der Waals surface area contributed by atoms with Crippen LogP contribution in [0.3, 0.4) is 0 Å². The Morgan fingerprint density at radius 2 is 2.17 bits per heavy atom. The van der Waals surface area contributed by atoms with Crippen LogP contribution in [0, 0.1) is 6.92 Å². The highest BCUT2D eigenvalue weighted by Gasteiger charge is 2.21. The molecule has 2 aliphatic rings. The predicted molar refractivity (Wildman–Crippen MR) is 88.4 cm³/mol. The van der Waals surface area contributed by atoms with Gasteiger partial charge in [0.25, 0.3) is 0 Å². The van der Waals surface area contributed by atoms with Gasteiger partial charge in [0.15, 0.2) is 11.5 Å². The Morgan fingerprint density at radius 1 is 1.33 bits per heavy atom. The molecule has 0 fully saturated rings. The van der Waals surface area contributed by atoms with E-state index in [9.17, 15) is 4.79 Å². The highest BCUT2D eigenvalue weighted by atomic mass is 16.6. The van der Waals surface area contributed by atoms with Crippen LogP contribution in [0.4, 0.5) is 0 Å². The molecule has 4 rings (SSSR count).